The summed E-state index contributed by atoms with van der Waals surface area (Å²) < 4.78 is 4.72. The predicted octanol–water partition coefficient (Wildman–Crippen LogP) is 5.02. The van der Waals surface area contributed by atoms with Crippen LogP contribution in [0.5, 0.6) is 0 Å². The summed E-state index contributed by atoms with van der Waals surface area (Å²) in [6, 6.07) is 36.9. The maximum Gasteiger partial charge on any atom is 0.277 e. The van der Waals surface area contributed by atoms with Crippen molar-refractivity contribution in [2.75, 3.05) is 0 Å². The minimum atomic E-state index is -2.97. The fourth-order valence-electron chi connectivity index (χ4n) is 3.28. The third-order valence-electron chi connectivity index (χ3n) is 4.82. The lowest BCUT2D eigenvalue weighted by atomic mass is 10.2. The van der Waals surface area contributed by atoms with Gasteiger partial charge in [0.05, 0.1) is 0 Å². The van der Waals surface area contributed by atoms with Gasteiger partial charge in [0, 0.05) is 21.7 Å². The first kappa shape index (κ1) is 20.5. The van der Waals surface area contributed by atoms with Gasteiger partial charge in [-0.05, 0) is 24.3 Å². The Balaban J connectivity index is 1.94. The van der Waals surface area contributed by atoms with E-state index in [1.54, 1.807) is 36.4 Å². The number of nitrogens with zero attached hydrogens (tertiary/aromatic N) is 1. The van der Waals surface area contributed by atoms with Crippen molar-refractivity contribution in [1.82, 2.24) is 5.09 Å². The van der Waals surface area contributed by atoms with Gasteiger partial charge < -0.3 is 5.09 Å². The van der Waals surface area contributed by atoms with Gasteiger partial charge in [0.2, 0.25) is 0 Å². The molecule has 0 bridgehead atoms. The molecule has 0 aliphatic carbocycles. The highest BCUT2D eigenvalue weighted by atomic mass is 31.2. The second-order valence-corrected chi connectivity index (χ2v) is 9.61. The van der Waals surface area contributed by atoms with Crippen LogP contribution in [0.25, 0.3) is 0 Å². The van der Waals surface area contributed by atoms with E-state index in [1.165, 1.54) is 0 Å². The molecule has 2 amide bonds. The molecule has 4 aromatic rings. The molecule has 0 saturated heterocycles. The highest BCUT2D eigenvalue weighted by Crippen LogP contribution is 2.44. The molecule has 0 aromatic heterocycles. The van der Waals surface area contributed by atoms with E-state index in [0.717, 1.165) is 10.6 Å². The van der Waals surface area contributed by atoms with E-state index in [4.69, 9.17) is 4.74 Å². The van der Waals surface area contributed by atoms with Gasteiger partial charge in [-0.2, -0.15) is 4.74 Å². The molecule has 1 N–H and O–H groups in total. The van der Waals surface area contributed by atoms with Gasteiger partial charge in [0.25, 0.3) is 11.8 Å². The van der Waals surface area contributed by atoms with Crippen molar-refractivity contribution in [2.45, 2.75) is 0 Å². The average molecular weight is 424 g/mol. The van der Waals surface area contributed by atoms with Crippen LogP contribution in [0.15, 0.2) is 126 Å². The van der Waals surface area contributed by atoms with E-state index < -0.39 is 7.21 Å². The first-order valence-corrected chi connectivity index (χ1v) is 11.6. The van der Waals surface area contributed by atoms with Crippen LogP contribution < -0.4 is 15.7 Å². The minimum Gasteiger partial charge on any atom is -0.311 e. The van der Waals surface area contributed by atoms with E-state index in [9.17, 15) is 9.59 Å². The second-order valence-electron chi connectivity index (χ2n) is 6.88. The molecule has 0 fully saturated rings. The number of hydrogen-bond donors (Lipinski definition) is 1. The van der Waals surface area contributed by atoms with Gasteiger partial charge in [-0.3, -0.25) is 9.59 Å². The zero-order valence-corrected chi connectivity index (χ0v) is 17.7. The van der Waals surface area contributed by atoms with Crippen LogP contribution in [-0.4, -0.2) is 11.8 Å². The Morgan fingerprint density at radius 1 is 0.548 bits per heavy atom. The molecule has 4 nitrogen and oxygen atoms in total. The van der Waals surface area contributed by atoms with Gasteiger partial charge in [0.1, 0.15) is 7.21 Å². The summed E-state index contributed by atoms with van der Waals surface area (Å²) in [4.78, 5) is 26.5. The number of amides is 2. The summed E-state index contributed by atoms with van der Waals surface area (Å²) in [6.45, 7) is 0. The van der Waals surface area contributed by atoms with E-state index in [1.807, 2.05) is 84.9 Å². The molecule has 0 saturated carbocycles. The summed E-state index contributed by atoms with van der Waals surface area (Å²) in [7, 11) is -2.97. The largest absolute Gasteiger partial charge is 0.311 e. The Labute approximate surface area is 181 Å². The molecule has 0 aliphatic heterocycles. The van der Waals surface area contributed by atoms with Crippen LogP contribution >= 0.6 is 7.21 Å². The summed E-state index contributed by atoms with van der Waals surface area (Å²) in [5.41, 5.74) is 0.994. The Bertz CT molecular complexity index is 1180. The molecule has 5 heteroatoms. The molecule has 0 heterocycles. The molecule has 0 unspecified atom stereocenters. The van der Waals surface area contributed by atoms with Crippen LogP contribution in [-0.2, 0) is 0 Å². The van der Waals surface area contributed by atoms with Crippen LogP contribution in [0.1, 0.15) is 20.7 Å². The number of benzene rings is 4. The number of carbonyl (C=O) groups is 2. The highest BCUT2D eigenvalue weighted by Gasteiger charge is 2.29. The molecule has 0 aliphatic rings. The predicted molar refractivity (Wildman–Crippen MR) is 126 cm³/mol. The maximum absolute atomic E-state index is 13.3. The van der Waals surface area contributed by atoms with E-state index in [-0.39, 0.29) is 11.8 Å². The Morgan fingerprint density at radius 2 is 0.935 bits per heavy atom. The van der Waals surface area contributed by atoms with E-state index >= 15 is 0 Å². The summed E-state index contributed by atoms with van der Waals surface area (Å²) >= 11 is 0. The van der Waals surface area contributed by atoms with Crippen molar-refractivity contribution in [3.8, 4) is 0 Å². The zero-order valence-electron chi connectivity index (χ0n) is 16.8. The Hall–Kier alpha value is -3.75. The molecule has 0 atom stereocenters. The smallest absolute Gasteiger partial charge is 0.277 e. The standard InChI is InChI=1S/C26H21N2O2P/c29-25(21-13-5-1-6-14-21)27-31(23-17-9-3-10-18-23,24-19-11-4-12-20-24)28-26(30)22-15-7-2-8-16-22/h1-20H,(H,27,29). The molecule has 4 aromatic carbocycles. The van der Waals surface area contributed by atoms with Gasteiger partial charge in [0.15, 0.2) is 0 Å². The quantitative estimate of drug-likeness (QED) is 0.457. The lowest BCUT2D eigenvalue weighted by Gasteiger charge is -2.26. The first-order valence-electron chi connectivity index (χ1n) is 9.90. The summed E-state index contributed by atoms with van der Waals surface area (Å²) in [5, 5.41) is 4.77. The maximum atomic E-state index is 13.3. The first-order chi connectivity index (χ1) is 15.2. The molecule has 4 rings (SSSR count). The normalized spacial score (nSPS) is 10.8. The van der Waals surface area contributed by atoms with Gasteiger partial charge >= 0.3 is 0 Å². The Kier molecular flexibility index (Phi) is 6.21. The third-order valence-corrected chi connectivity index (χ3v) is 7.92. The number of nitrogens with one attached hydrogen (secondary N) is 1. The van der Waals surface area contributed by atoms with Crippen molar-refractivity contribution in [2.24, 2.45) is 4.74 Å². The zero-order chi connectivity index (χ0) is 21.5. The van der Waals surface area contributed by atoms with Gasteiger partial charge in [-0.15, -0.1) is 0 Å². The number of rotatable bonds is 5. The van der Waals surface area contributed by atoms with Crippen LogP contribution in [0.2, 0.25) is 0 Å². The third kappa shape index (κ3) is 4.55. The molecular formula is C26H21N2O2P. The molecule has 0 spiro atoms. The van der Waals surface area contributed by atoms with Gasteiger partial charge in [-0.1, -0.05) is 97.1 Å². The van der Waals surface area contributed by atoms with Crippen molar-refractivity contribution in [3.05, 3.63) is 132 Å². The Morgan fingerprint density at radius 3 is 1.39 bits per heavy atom. The lowest BCUT2D eigenvalue weighted by Crippen LogP contribution is -2.33. The molecule has 31 heavy (non-hydrogen) atoms. The molecule has 0 radical (unpaired) electrons. The van der Waals surface area contributed by atoms with Crippen molar-refractivity contribution in [1.29, 1.82) is 0 Å². The van der Waals surface area contributed by atoms with Crippen LogP contribution in [0.3, 0.4) is 0 Å². The van der Waals surface area contributed by atoms with Crippen LogP contribution in [0, 0.1) is 0 Å². The fraction of sp³-hybridized carbons (Fsp3) is 0. The summed E-state index contributed by atoms with van der Waals surface area (Å²) in [5.74, 6) is -0.638. The average Bonchev–Trinajstić information content (AvgIpc) is 2.85. The highest BCUT2D eigenvalue weighted by molar-refractivity contribution is 7.80. The van der Waals surface area contributed by atoms with Crippen molar-refractivity contribution < 1.29 is 9.59 Å². The lowest BCUT2D eigenvalue weighted by molar-refractivity contribution is 0.0982. The summed E-state index contributed by atoms with van der Waals surface area (Å²) in [6.07, 6.45) is 0. The number of hydrogen-bond acceptors (Lipinski definition) is 2. The van der Waals surface area contributed by atoms with Gasteiger partial charge in [-0.25, -0.2) is 0 Å². The molecule has 152 valence electrons. The fourth-order valence-corrected chi connectivity index (χ4v) is 6.14. The van der Waals surface area contributed by atoms with E-state index in [2.05, 4.69) is 5.09 Å². The number of carbonyl (C=O) groups excluding carboxylic acids is 2. The topological polar surface area (TPSA) is 58.5 Å². The molecular weight excluding hydrogens is 403 g/mol. The van der Waals surface area contributed by atoms with Crippen molar-refractivity contribution >= 4 is 29.6 Å². The monoisotopic (exact) mass is 424 g/mol. The SMILES string of the molecule is O=C(N=P(NC(=O)c1ccccc1)(c1ccccc1)c1ccccc1)c1ccccc1. The van der Waals surface area contributed by atoms with Crippen LogP contribution in [0.4, 0.5) is 0 Å². The van der Waals surface area contributed by atoms with Crippen molar-refractivity contribution in [3.63, 3.8) is 0 Å². The minimum absolute atomic E-state index is 0.272. The van der Waals surface area contributed by atoms with E-state index in [0.29, 0.717) is 11.1 Å². The second kappa shape index (κ2) is 9.38.